The van der Waals surface area contributed by atoms with E-state index in [0.29, 0.717) is 12.1 Å². The normalized spacial score (nSPS) is 47.1. The minimum atomic E-state index is 0.540. The van der Waals surface area contributed by atoms with E-state index in [1.54, 1.807) is 0 Å². The summed E-state index contributed by atoms with van der Waals surface area (Å²) in [5.74, 6) is 1.76. The van der Waals surface area contributed by atoms with Gasteiger partial charge in [0.15, 0.2) is 0 Å². The Balaban J connectivity index is 1.37. The van der Waals surface area contributed by atoms with Crippen LogP contribution >= 0.6 is 0 Å². The van der Waals surface area contributed by atoms with Crippen LogP contribution in [0.25, 0.3) is 0 Å². The number of ether oxygens (including phenoxy) is 1. The highest BCUT2D eigenvalue weighted by Crippen LogP contribution is 2.40. The van der Waals surface area contributed by atoms with Crippen molar-refractivity contribution in [3.63, 3.8) is 0 Å². The van der Waals surface area contributed by atoms with Crippen molar-refractivity contribution in [3.05, 3.63) is 0 Å². The molecule has 2 aliphatic carbocycles. The first-order valence-electron chi connectivity index (χ1n) is 8.53. The van der Waals surface area contributed by atoms with Crippen molar-refractivity contribution >= 4 is 0 Å². The Morgan fingerprint density at radius 1 is 0.895 bits per heavy atom. The quantitative estimate of drug-likeness (QED) is 0.815. The first-order chi connectivity index (χ1) is 9.42. The molecule has 4 rings (SSSR count). The van der Waals surface area contributed by atoms with Gasteiger partial charge in [-0.3, -0.25) is 0 Å². The molecule has 0 aromatic heterocycles. The summed E-state index contributed by atoms with van der Waals surface area (Å²) in [6.07, 6.45) is 11.6. The zero-order valence-corrected chi connectivity index (χ0v) is 11.9. The van der Waals surface area contributed by atoms with Gasteiger partial charge in [0, 0.05) is 24.7 Å². The number of rotatable bonds is 4. The molecule has 0 amide bonds. The highest BCUT2D eigenvalue weighted by molar-refractivity contribution is 4.99. The molecule has 4 aliphatic rings. The van der Waals surface area contributed by atoms with Gasteiger partial charge in [-0.2, -0.15) is 0 Å². The zero-order valence-electron chi connectivity index (χ0n) is 11.9. The van der Waals surface area contributed by atoms with Crippen LogP contribution in [0.2, 0.25) is 0 Å². The highest BCUT2D eigenvalue weighted by Gasteiger charge is 2.43. The van der Waals surface area contributed by atoms with Gasteiger partial charge in [0.1, 0.15) is 0 Å². The van der Waals surface area contributed by atoms with Crippen LogP contribution in [0.5, 0.6) is 0 Å². The molecule has 19 heavy (non-hydrogen) atoms. The maximum atomic E-state index is 5.98. The van der Waals surface area contributed by atoms with Crippen LogP contribution in [-0.4, -0.2) is 37.4 Å². The monoisotopic (exact) mass is 264 g/mol. The van der Waals surface area contributed by atoms with Gasteiger partial charge in [-0.15, -0.1) is 0 Å². The molecular formula is C16H28N2O. The van der Waals surface area contributed by atoms with Crippen LogP contribution in [-0.2, 0) is 4.74 Å². The largest absolute Gasteiger partial charge is 0.376 e. The van der Waals surface area contributed by atoms with E-state index in [9.17, 15) is 0 Å². The Kier molecular flexibility index (Phi) is 3.55. The second-order valence-electron chi connectivity index (χ2n) is 7.14. The van der Waals surface area contributed by atoms with E-state index in [0.717, 1.165) is 30.5 Å². The smallest absolute Gasteiger partial charge is 0.0757 e. The molecule has 3 heteroatoms. The molecule has 2 saturated heterocycles. The molecule has 0 aromatic rings. The average molecular weight is 264 g/mol. The second kappa shape index (κ2) is 5.34. The van der Waals surface area contributed by atoms with E-state index in [-0.39, 0.29) is 0 Å². The summed E-state index contributed by atoms with van der Waals surface area (Å²) in [5.41, 5.74) is 0. The molecule has 0 radical (unpaired) electrons. The molecule has 4 fully saturated rings. The molecular weight excluding hydrogens is 236 g/mol. The summed E-state index contributed by atoms with van der Waals surface area (Å²) >= 11 is 0. The maximum absolute atomic E-state index is 5.98. The lowest BCUT2D eigenvalue weighted by molar-refractivity contribution is 0.0770. The summed E-state index contributed by atoms with van der Waals surface area (Å²) in [5, 5.41) is 7.74. The molecule has 3 nitrogen and oxygen atoms in total. The van der Waals surface area contributed by atoms with Gasteiger partial charge in [-0.05, 0) is 63.3 Å². The van der Waals surface area contributed by atoms with Gasteiger partial charge in [-0.25, -0.2) is 0 Å². The van der Waals surface area contributed by atoms with Crippen molar-refractivity contribution in [1.29, 1.82) is 0 Å². The van der Waals surface area contributed by atoms with Crippen LogP contribution in [0, 0.1) is 11.8 Å². The lowest BCUT2D eigenvalue weighted by atomic mass is 9.92. The lowest BCUT2D eigenvalue weighted by Gasteiger charge is -2.31. The van der Waals surface area contributed by atoms with E-state index >= 15 is 0 Å². The van der Waals surface area contributed by atoms with Crippen molar-refractivity contribution < 1.29 is 4.74 Å². The Hall–Kier alpha value is -0.120. The van der Waals surface area contributed by atoms with Crippen molar-refractivity contribution in [2.24, 2.45) is 11.8 Å². The molecule has 2 aliphatic heterocycles. The van der Waals surface area contributed by atoms with Crippen molar-refractivity contribution in [3.8, 4) is 0 Å². The van der Waals surface area contributed by atoms with E-state index < -0.39 is 0 Å². The molecule has 108 valence electrons. The van der Waals surface area contributed by atoms with Gasteiger partial charge in [0.25, 0.3) is 0 Å². The fraction of sp³-hybridized carbons (Fsp3) is 1.00. The number of hydrogen-bond donors (Lipinski definition) is 2. The SMILES string of the molecule is C1CNC(C2CCCC2NC2CCOC2C2CC2)C1. The molecule has 0 aromatic carbocycles. The lowest BCUT2D eigenvalue weighted by Crippen LogP contribution is -2.49. The van der Waals surface area contributed by atoms with Gasteiger partial charge in [-0.1, -0.05) is 6.42 Å². The van der Waals surface area contributed by atoms with Crippen molar-refractivity contribution in [2.45, 2.75) is 75.6 Å². The predicted molar refractivity (Wildman–Crippen MR) is 76.2 cm³/mol. The summed E-state index contributed by atoms with van der Waals surface area (Å²) < 4.78 is 5.98. The minimum Gasteiger partial charge on any atom is -0.376 e. The van der Waals surface area contributed by atoms with E-state index in [2.05, 4.69) is 10.6 Å². The molecule has 5 atom stereocenters. The summed E-state index contributed by atoms with van der Waals surface area (Å²) in [6.45, 7) is 2.23. The molecule has 0 bridgehead atoms. The van der Waals surface area contributed by atoms with Gasteiger partial charge < -0.3 is 15.4 Å². The van der Waals surface area contributed by atoms with Crippen molar-refractivity contribution in [1.82, 2.24) is 10.6 Å². The standard InChI is InChI=1S/C16H28N2O/c1-3-12(13-5-2-9-17-13)14(4-1)18-15-8-10-19-16(15)11-6-7-11/h11-18H,1-10H2. The topological polar surface area (TPSA) is 33.3 Å². The van der Waals surface area contributed by atoms with E-state index in [4.69, 9.17) is 4.74 Å². The second-order valence-corrected chi connectivity index (χ2v) is 7.14. The van der Waals surface area contributed by atoms with E-state index in [1.807, 2.05) is 0 Å². The fourth-order valence-corrected chi connectivity index (χ4v) is 4.71. The highest BCUT2D eigenvalue weighted by atomic mass is 16.5. The van der Waals surface area contributed by atoms with Crippen LogP contribution < -0.4 is 10.6 Å². The van der Waals surface area contributed by atoms with Gasteiger partial charge in [0.2, 0.25) is 0 Å². The number of hydrogen-bond acceptors (Lipinski definition) is 3. The Bertz CT molecular complexity index is 312. The Morgan fingerprint density at radius 3 is 2.63 bits per heavy atom. The summed E-state index contributed by atoms with van der Waals surface area (Å²) in [4.78, 5) is 0. The molecule has 5 unspecified atom stereocenters. The summed E-state index contributed by atoms with van der Waals surface area (Å²) in [7, 11) is 0. The molecule has 2 saturated carbocycles. The third-order valence-corrected chi connectivity index (χ3v) is 5.84. The van der Waals surface area contributed by atoms with E-state index in [1.165, 1.54) is 57.9 Å². The zero-order chi connectivity index (χ0) is 12.7. The predicted octanol–water partition coefficient (Wildman–Crippen LogP) is 2.06. The minimum absolute atomic E-state index is 0.540. The molecule has 0 spiro atoms. The Labute approximate surface area is 116 Å². The van der Waals surface area contributed by atoms with Gasteiger partial charge in [0.05, 0.1) is 6.10 Å². The number of nitrogens with one attached hydrogen (secondary N) is 2. The van der Waals surface area contributed by atoms with Gasteiger partial charge >= 0.3 is 0 Å². The first kappa shape index (κ1) is 12.6. The summed E-state index contributed by atoms with van der Waals surface area (Å²) in [6, 6.07) is 2.20. The van der Waals surface area contributed by atoms with Crippen LogP contribution in [0.15, 0.2) is 0 Å². The average Bonchev–Trinajstić information content (AvgIpc) is 2.90. The van der Waals surface area contributed by atoms with Crippen LogP contribution in [0.1, 0.15) is 51.4 Å². The maximum Gasteiger partial charge on any atom is 0.0757 e. The van der Waals surface area contributed by atoms with Crippen LogP contribution in [0.3, 0.4) is 0 Å². The molecule has 2 heterocycles. The third kappa shape index (κ3) is 2.57. The third-order valence-electron chi connectivity index (χ3n) is 5.84. The first-order valence-corrected chi connectivity index (χ1v) is 8.53. The van der Waals surface area contributed by atoms with Crippen molar-refractivity contribution in [2.75, 3.05) is 13.2 Å². The molecule has 2 N–H and O–H groups in total. The van der Waals surface area contributed by atoms with Crippen LogP contribution in [0.4, 0.5) is 0 Å². The Morgan fingerprint density at radius 2 is 1.84 bits per heavy atom. The fourth-order valence-electron chi connectivity index (χ4n) is 4.71.